The Kier molecular flexibility index (Phi) is 2.41. The lowest BCUT2D eigenvalue weighted by Gasteiger charge is -2.16. The number of nitrogens with one attached hydrogen (secondary N) is 1. The fourth-order valence-electron chi connectivity index (χ4n) is 2.09. The molecule has 1 aromatic carbocycles. The van der Waals surface area contributed by atoms with Crippen molar-refractivity contribution in [3.05, 3.63) is 53.9 Å². The highest BCUT2D eigenvalue weighted by Gasteiger charge is 2.22. The molecule has 0 radical (unpaired) electrons. The predicted octanol–water partition coefficient (Wildman–Crippen LogP) is 1.56. The van der Waals surface area contributed by atoms with Crippen LogP contribution in [-0.2, 0) is 11.2 Å². The standard InChI is InChI=1S/C14H10N2O2/c17-13-7-11-6-9(10-2-1-5-15-8-10)3-4-12(11)14(18)16-13/h1-6,8H,7H2,(H,16,17,18). The fraction of sp³-hybridized carbons (Fsp3) is 0.0714. The van der Waals surface area contributed by atoms with Gasteiger partial charge < -0.3 is 0 Å². The Balaban J connectivity index is 2.09. The van der Waals surface area contributed by atoms with Crippen molar-refractivity contribution in [3.8, 4) is 11.1 Å². The Bertz CT molecular complexity index is 635. The molecule has 1 aliphatic rings. The number of pyridine rings is 1. The lowest BCUT2D eigenvalue weighted by atomic mass is 9.95. The second kappa shape index (κ2) is 4.07. The summed E-state index contributed by atoms with van der Waals surface area (Å²) in [7, 11) is 0. The summed E-state index contributed by atoms with van der Waals surface area (Å²) in [6.07, 6.45) is 3.71. The van der Waals surface area contributed by atoms with Gasteiger partial charge in [-0.3, -0.25) is 19.9 Å². The molecule has 3 rings (SSSR count). The number of hydrogen-bond donors (Lipinski definition) is 1. The van der Waals surface area contributed by atoms with Crippen LogP contribution in [-0.4, -0.2) is 16.8 Å². The summed E-state index contributed by atoms with van der Waals surface area (Å²) in [5, 5.41) is 2.30. The number of nitrogens with zero attached hydrogens (tertiary/aromatic N) is 1. The highest BCUT2D eigenvalue weighted by molar-refractivity contribution is 6.10. The second-order valence-corrected chi connectivity index (χ2v) is 4.17. The minimum absolute atomic E-state index is 0.245. The molecule has 1 N–H and O–H groups in total. The van der Waals surface area contributed by atoms with E-state index in [0.29, 0.717) is 5.56 Å². The van der Waals surface area contributed by atoms with Gasteiger partial charge in [-0.25, -0.2) is 0 Å². The maximum atomic E-state index is 11.6. The Morgan fingerprint density at radius 2 is 2.00 bits per heavy atom. The van der Waals surface area contributed by atoms with Gasteiger partial charge in [0.05, 0.1) is 6.42 Å². The molecule has 0 atom stereocenters. The first kappa shape index (κ1) is 10.7. The van der Waals surface area contributed by atoms with Crippen molar-refractivity contribution in [2.24, 2.45) is 0 Å². The first-order chi connectivity index (χ1) is 8.74. The van der Waals surface area contributed by atoms with Crippen LogP contribution in [0, 0.1) is 0 Å². The molecule has 4 nitrogen and oxygen atoms in total. The number of aromatic nitrogens is 1. The molecule has 0 unspecified atom stereocenters. The van der Waals surface area contributed by atoms with Crippen LogP contribution in [0.2, 0.25) is 0 Å². The Labute approximate surface area is 104 Å². The van der Waals surface area contributed by atoms with E-state index in [9.17, 15) is 9.59 Å². The first-order valence-corrected chi connectivity index (χ1v) is 5.61. The average Bonchev–Trinajstić information content (AvgIpc) is 2.39. The number of carbonyl (C=O) groups excluding carboxylic acids is 2. The summed E-state index contributed by atoms with van der Waals surface area (Å²) in [5.74, 6) is -0.574. The molecule has 88 valence electrons. The Hall–Kier alpha value is -2.49. The molecular weight excluding hydrogens is 228 g/mol. The third-order valence-electron chi connectivity index (χ3n) is 2.95. The van der Waals surface area contributed by atoms with E-state index in [4.69, 9.17) is 0 Å². The van der Waals surface area contributed by atoms with Crippen molar-refractivity contribution >= 4 is 11.8 Å². The zero-order chi connectivity index (χ0) is 12.5. The van der Waals surface area contributed by atoms with Gasteiger partial charge >= 0.3 is 0 Å². The molecule has 2 heterocycles. The van der Waals surface area contributed by atoms with Crippen LogP contribution < -0.4 is 5.32 Å². The van der Waals surface area contributed by atoms with Gasteiger partial charge in [-0.1, -0.05) is 12.1 Å². The molecule has 0 saturated carbocycles. The highest BCUT2D eigenvalue weighted by atomic mass is 16.2. The van der Waals surface area contributed by atoms with Gasteiger partial charge in [0.2, 0.25) is 5.91 Å². The molecule has 0 spiro atoms. The smallest absolute Gasteiger partial charge is 0.258 e. The molecule has 0 saturated heterocycles. The third-order valence-corrected chi connectivity index (χ3v) is 2.95. The zero-order valence-electron chi connectivity index (χ0n) is 9.51. The van der Waals surface area contributed by atoms with Crippen molar-refractivity contribution in [3.63, 3.8) is 0 Å². The summed E-state index contributed by atoms with van der Waals surface area (Å²) in [6.45, 7) is 0. The van der Waals surface area contributed by atoms with E-state index < -0.39 is 0 Å². The quantitative estimate of drug-likeness (QED) is 0.767. The molecule has 0 aliphatic carbocycles. The van der Waals surface area contributed by atoms with Gasteiger partial charge in [-0.2, -0.15) is 0 Å². The monoisotopic (exact) mass is 238 g/mol. The van der Waals surface area contributed by atoms with E-state index in [-0.39, 0.29) is 18.2 Å². The van der Waals surface area contributed by atoms with Crippen molar-refractivity contribution in [2.75, 3.05) is 0 Å². The molecular formula is C14H10N2O2. The van der Waals surface area contributed by atoms with Crippen LogP contribution in [0.4, 0.5) is 0 Å². The number of imide groups is 1. The largest absolute Gasteiger partial charge is 0.292 e. The molecule has 0 bridgehead atoms. The van der Waals surface area contributed by atoms with Crippen LogP contribution in [0.25, 0.3) is 11.1 Å². The van der Waals surface area contributed by atoms with Gasteiger partial charge in [-0.05, 0) is 34.9 Å². The van der Waals surface area contributed by atoms with Gasteiger partial charge in [-0.15, -0.1) is 0 Å². The average molecular weight is 238 g/mol. The van der Waals surface area contributed by atoms with E-state index in [2.05, 4.69) is 10.3 Å². The SMILES string of the molecule is O=C1Cc2cc(-c3cccnc3)ccc2C(=O)N1. The van der Waals surface area contributed by atoms with E-state index in [1.54, 1.807) is 18.5 Å². The molecule has 18 heavy (non-hydrogen) atoms. The molecule has 2 amide bonds. The summed E-state index contributed by atoms with van der Waals surface area (Å²) >= 11 is 0. The van der Waals surface area contributed by atoms with Crippen LogP contribution in [0.5, 0.6) is 0 Å². The van der Waals surface area contributed by atoms with E-state index in [0.717, 1.165) is 16.7 Å². The maximum Gasteiger partial charge on any atom is 0.258 e. The van der Waals surface area contributed by atoms with Crippen molar-refractivity contribution in [1.29, 1.82) is 0 Å². The van der Waals surface area contributed by atoms with Gasteiger partial charge in [0.25, 0.3) is 5.91 Å². The van der Waals surface area contributed by atoms with E-state index in [1.807, 2.05) is 24.3 Å². The molecule has 2 aromatic rings. The van der Waals surface area contributed by atoms with Gasteiger partial charge in [0.1, 0.15) is 0 Å². The van der Waals surface area contributed by atoms with E-state index in [1.165, 1.54) is 0 Å². The van der Waals surface area contributed by atoms with Gasteiger partial charge in [0, 0.05) is 18.0 Å². The normalized spacial score (nSPS) is 14.0. The number of benzene rings is 1. The number of rotatable bonds is 1. The summed E-state index contributed by atoms with van der Waals surface area (Å²) in [6, 6.07) is 9.29. The van der Waals surface area contributed by atoms with E-state index >= 15 is 0 Å². The topological polar surface area (TPSA) is 59.1 Å². The predicted molar refractivity (Wildman–Crippen MR) is 65.9 cm³/mol. The van der Waals surface area contributed by atoms with Crippen molar-refractivity contribution in [2.45, 2.75) is 6.42 Å². The first-order valence-electron chi connectivity index (χ1n) is 5.61. The molecule has 1 aliphatic heterocycles. The molecule has 4 heteroatoms. The van der Waals surface area contributed by atoms with Crippen LogP contribution in [0.1, 0.15) is 15.9 Å². The lowest BCUT2D eigenvalue weighted by molar-refractivity contribution is -0.119. The number of hydrogen-bond acceptors (Lipinski definition) is 3. The van der Waals surface area contributed by atoms with Crippen molar-refractivity contribution < 1.29 is 9.59 Å². The summed E-state index contributed by atoms with van der Waals surface area (Å²) in [4.78, 5) is 27.0. The lowest BCUT2D eigenvalue weighted by Crippen LogP contribution is -2.37. The third kappa shape index (κ3) is 1.78. The number of fused-ring (bicyclic) bond motifs is 1. The minimum Gasteiger partial charge on any atom is -0.292 e. The second-order valence-electron chi connectivity index (χ2n) is 4.17. The summed E-state index contributed by atoms with van der Waals surface area (Å²) in [5.41, 5.74) is 3.27. The Morgan fingerprint density at radius 3 is 2.78 bits per heavy atom. The van der Waals surface area contributed by atoms with Crippen molar-refractivity contribution in [1.82, 2.24) is 10.3 Å². The number of amides is 2. The minimum atomic E-state index is -0.320. The maximum absolute atomic E-state index is 11.6. The Morgan fingerprint density at radius 1 is 1.11 bits per heavy atom. The summed E-state index contributed by atoms with van der Waals surface area (Å²) < 4.78 is 0. The molecule has 1 aromatic heterocycles. The highest BCUT2D eigenvalue weighted by Crippen LogP contribution is 2.23. The molecule has 0 fully saturated rings. The zero-order valence-corrected chi connectivity index (χ0v) is 9.51. The van der Waals surface area contributed by atoms with Crippen LogP contribution in [0.15, 0.2) is 42.7 Å². The fourth-order valence-corrected chi connectivity index (χ4v) is 2.09. The number of carbonyl (C=O) groups is 2. The van der Waals surface area contributed by atoms with Crippen LogP contribution >= 0.6 is 0 Å². The van der Waals surface area contributed by atoms with Gasteiger partial charge in [0.15, 0.2) is 0 Å². The van der Waals surface area contributed by atoms with Crippen LogP contribution in [0.3, 0.4) is 0 Å².